The Morgan fingerprint density at radius 2 is 1.63 bits per heavy atom. The van der Waals surface area contributed by atoms with Gasteiger partial charge in [-0.25, -0.2) is 0 Å². The van der Waals surface area contributed by atoms with Gasteiger partial charge in [-0.05, 0) is 79.6 Å². The highest BCUT2D eigenvalue weighted by atomic mass is 19.4. The summed E-state index contributed by atoms with van der Waals surface area (Å²) in [7, 11) is 0. The van der Waals surface area contributed by atoms with Gasteiger partial charge in [-0.2, -0.15) is 15.4 Å². The summed E-state index contributed by atoms with van der Waals surface area (Å²) >= 11 is 0. The van der Waals surface area contributed by atoms with E-state index >= 15 is 0 Å². The van der Waals surface area contributed by atoms with Crippen molar-refractivity contribution in [3.63, 3.8) is 0 Å². The van der Waals surface area contributed by atoms with Crippen LogP contribution < -0.4 is 9.47 Å². The Kier molecular flexibility index (Phi) is 7.64. The monoisotopic (exact) mass is 482 g/mol. The minimum atomic E-state index is -4.71. The average molecular weight is 483 g/mol. The molecule has 0 aliphatic carbocycles. The molecule has 0 atom stereocenters. The maximum absolute atomic E-state index is 12.4. The molecule has 0 amide bonds. The van der Waals surface area contributed by atoms with Gasteiger partial charge < -0.3 is 9.47 Å². The number of aromatic nitrogens is 4. The molecule has 182 valence electrons. The summed E-state index contributed by atoms with van der Waals surface area (Å²) < 4.78 is 47.0. The molecule has 0 saturated carbocycles. The Morgan fingerprint density at radius 1 is 0.857 bits per heavy atom. The minimum Gasteiger partial charge on any atom is -0.489 e. The normalized spacial score (nSPS) is 11.4. The molecule has 0 unspecified atom stereocenters. The third-order valence-corrected chi connectivity index (χ3v) is 5.53. The van der Waals surface area contributed by atoms with Crippen LogP contribution in [0.4, 0.5) is 13.2 Å². The van der Waals surface area contributed by atoms with Gasteiger partial charge in [0.25, 0.3) is 0 Å². The van der Waals surface area contributed by atoms with E-state index in [1.165, 1.54) is 23.3 Å². The van der Waals surface area contributed by atoms with Crippen LogP contribution in [0.25, 0.3) is 11.1 Å². The highest BCUT2D eigenvalue weighted by Crippen LogP contribution is 2.27. The van der Waals surface area contributed by atoms with Crippen LogP contribution in [0.5, 0.6) is 11.5 Å². The number of nitrogens with one attached hydrogen (secondary N) is 1. The number of unbranched alkanes of at least 4 members (excludes halogenated alkanes) is 1. The van der Waals surface area contributed by atoms with Gasteiger partial charge in [-0.3, -0.25) is 4.98 Å². The average Bonchev–Trinajstić information content (AvgIpc) is 3.35. The molecule has 2 aromatic carbocycles. The molecular weight excluding hydrogens is 457 g/mol. The van der Waals surface area contributed by atoms with Crippen molar-refractivity contribution in [1.29, 1.82) is 0 Å². The van der Waals surface area contributed by atoms with Crippen LogP contribution in [0.15, 0.2) is 67.1 Å². The zero-order valence-corrected chi connectivity index (χ0v) is 19.2. The van der Waals surface area contributed by atoms with Crippen molar-refractivity contribution < 1.29 is 22.6 Å². The number of hydrogen-bond donors (Lipinski definition) is 1. The number of aromatic amines is 1. The predicted molar refractivity (Wildman–Crippen MR) is 125 cm³/mol. The molecular formula is C26H25F3N4O2. The standard InChI is InChI=1S/C26H25F3N4O2/c1-18-12-25(11-6-20(18)4-2-3-5-23-16-31-33-32-23)34-17-19-13-22(15-30-14-19)21-7-9-24(10-8-21)35-26(27,28)29/h6-16H,2-5,17H2,1H3,(H,31,32,33). The number of pyridine rings is 1. The summed E-state index contributed by atoms with van der Waals surface area (Å²) in [6.45, 7) is 2.40. The first-order valence-corrected chi connectivity index (χ1v) is 11.2. The van der Waals surface area contributed by atoms with Crippen molar-refractivity contribution in [1.82, 2.24) is 20.4 Å². The van der Waals surface area contributed by atoms with E-state index in [1.807, 2.05) is 18.2 Å². The Morgan fingerprint density at radius 3 is 2.34 bits per heavy atom. The maximum Gasteiger partial charge on any atom is 0.573 e. The van der Waals surface area contributed by atoms with E-state index in [-0.39, 0.29) is 5.75 Å². The summed E-state index contributed by atoms with van der Waals surface area (Å²) in [6, 6.07) is 13.7. The lowest BCUT2D eigenvalue weighted by Crippen LogP contribution is -2.16. The smallest absolute Gasteiger partial charge is 0.489 e. The highest BCUT2D eigenvalue weighted by molar-refractivity contribution is 5.63. The van der Waals surface area contributed by atoms with E-state index in [2.05, 4.69) is 38.1 Å². The third-order valence-electron chi connectivity index (χ3n) is 5.53. The van der Waals surface area contributed by atoms with Gasteiger partial charge in [0.15, 0.2) is 0 Å². The second-order valence-electron chi connectivity index (χ2n) is 8.20. The van der Waals surface area contributed by atoms with Crippen LogP contribution in [0.3, 0.4) is 0 Å². The number of nitrogens with zero attached hydrogens (tertiary/aromatic N) is 3. The number of ether oxygens (including phenoxy) is 2. The molecule has 2 heterocycles. The second-order valence-corrected chi connectivity index (χ2v) is 8.20. The van der Waals surface area contributed by atoms with E-state index in [4.69, 9.17) is 4.74 Å². The lowest BCUT2D eigenvalue weighted by Gasteiger charge is -2.11. The number of benzene rings is 2. The Labute approximate surface area is 201 Å². The van der Waals surface area contributed by atoms with Crippen LogP contribution in [-0.4, -0.2) is 26.8 Å². The fraction of sp³-hybridized carbons (Fsp3) is 0.269. The Balaban J connectivity index is 1.30. The van der Waals surface area contributed by atoms with Crippen LogP contribution in [0, 0.1) is 6.92 Å². The van der Waals surface area contributed by atoms with Crippen LogP contribution >= 0.6 is 0 Å². The number of rotatable bonds is 10. The molecule has 0 radical (unpaired) electrons. The molecule has 0 aliphatic rings. The van der Waals surface area contributed by atoms with E-state index in [1.54, 1.807) is 30.7 Å². The molecule has 0 bridgehead atoms. The van der Waals surface area contributed by atoms with E-state index in [0.717, 1.165) is 53.8 Å². The highest BCUT2D eigenvalue weighted by Gasteiger charge is 2.30. The van der Waals surface area contributed by atoms with Crippen molar-refractivity contribution in [2.24, 2.45) is 0 Å². The molecule has 6 nitrogen and oxygen atoms in total. The minimum absolute atomic E-state index is 0.262. The third kappa shape index (κ3) is 7.30. The van der Waals surface area contributed by atoms with Crippen molar-refractivity contribution in [2.45, 2.75) is 45.6 Å². The number of halogens is 3. The molecule has 0 fully saturated rings. The molecule has 0 saturated heterocycles. The van der Waals surface area contributed by atoms with Gasteiger partial charge in [-0.15, -0.1) is 13.2 Å². The van der Waals surface area contributed by atoms with Gasteiger partial charge in [0.05, 0.1) is 11.9 Å². The SMILES string of the molecule is Cc1cc(OCc2cncc(-c3ccc(OC(F)(F)F)cc3)c2)ccc1CCCCc1cn[nH]n1. The summed E-state index contributed by atoms with van der Waals surface area (Å²) in [5, 5.41) is 10.5. The lowest BCUT2D eigenvalue weighted by atomic mass is 10.0. The Bertz CT molecular complexity index is 1230. The fourth-order valence-corrected chi connectivity index (χ4v) is 3.75. The van der Waals surface area contributed by atoms with Crippen molar-refractivity contribution >= 4 is 0 Å². The van der Waals surface area contributed by atoms with Crippen LogP contribution in [-0.2, 0) is 19.4 Å². The second kappa shape index (κ2) is 11.0. The molecule has 2 aromatic heterocycles. The number of alkyl halides is 3. The predicted octanol–water partition coefficient (Wildman–Crippen LogP) is 6.22. The first-order chi connectivity index (χ1) is 16.9. The lowest BCUT2D eigenvalue weighted by molar-refractivity contribution is -0.274. The molecule has 0 spiro atoms. The van der Waals surface area contributed by atoms with Crippen LogP contribution in [0.2, 0.25) is 0 Å². The van der Waals surface area contributed by atoms with Gasteiger partial charge in [0.2, 0.25) is 0 Å². The molecule has 0 aliphatic heterocycles. The van der Waals surface area contributed by atoms with E-state index in [9.17, 15) is 13.2 Å². The molecule has 1 N–H and O–H groups in total. The van der Waals surface area contributed by atoms with Gasteiger partial charge in [-0.1, -0.05) is 18.2 Å². The quantitative estimate of drug-likeness (QED) is 0.272. The van der Waals surface area contributed by atoms with Gasteiger partial charge >= 0.3 is 6.36 Å². The first kappa shape index (κ1) is 24.3. The molecule has 4 rings (SSSR count). The van der Waals surface area contributed by atoms with Crippen molar-refractivity contribution in [3.05, 3.63) is 89.5 Å². The number of aryl methyl sites for hydroxylation is 3. The summed E-state index contributed by atoms with van der Waals surface area (Å²) in [4.78, 5) is 4.25. The first-order valence-electron chi connectivity index (χ1n) is 11.2. The summed E-state index contributed by atoms with van der Waals surface area (Å²) in [5.74, 6) is 0.510. The molecule has 4 aromatic rings. The van der Waals surface area contributed by atoms with E-state index < -0.39 is 6.36 Å². The van der Waals surface area contributed by atoms with Crippen molar-refractivity contribution in [2.75, 3.05) is 0 Å². The fourth-order valence-electron chi connectivity index (χ4n) is 3.75. The Hall–Kier alpha value is -3.88. The topological polar surface area (TPSA) is 72.9 Å². The van der Waals surface area contributed by atoms with E-state index in [0.29, 0.717) is 6.61 Å². The van der Waals surface area contributed by atoms with Crippen molar-refractivity contribution in [3.8, 4) is 22.6 Å². The number of H-pyrrole nitrogens is 1. The summed E-state index contributed by atoms with van der Waals surface area (Å²) in [5.41, 5.74) is 5.82. The largest absolute Gasteiger partial charge is 0.573 e. The zero-order valence-electron chi connectivity index (χ0n) is 19.2. The summed E-state index contributed by atoms with van der Waals surface area (Å²) in [6.07, 6.45) is 4.42. The van der Waals surface area contributed by atoms with Crippen LogP contribution in [0.1, 0.15) is 35.2 Å². The molecule has 35 heavy (non-hydrogen) atoms. The zero-order chi connectivity index (χ0) is 24.7. The molecule has 9 heteroatoms. The van der Waals surface area contributed by atoms with Gasteiger partial charge in [0, 0.05) is 23.5 Å². The number of hydrogen-bond acceptors (Lipinski definition) is 5. The maximum atomic E-state index is 12.4. The van der Waals surface area contributed by atoms with Gasteiger partial charge in [0.1, 0.15) is 18.1 Å².